The minimum absolute atomic E-state index is 0.0457. The number of hydrazine groups is 1. The molecule has 0 aliphatic rings. The van der Waals surface area contributed by atoms with Crippen LogP contribution in [0.15, 0.2) is 33.9 Å². The first-order valence-corrected chi connectivity index (χ1v) is 5.29. The van der Waals surface area contributed by atoms with Gasteiger partial charge in [-0.05, 0) is 6.07 Å². The fourth-order valence-corrected chi connectivity index (χ4v) is 1.62. The van der Waals surface area contributed by atoms with Gasteiger partial charge in [0.2, 0.25) is 0 Å². The number of nitrogens with two attached hydrogens (primary N) is 1. The Morgan fingerprint density at radius 3 is 3.11 bits per heavy atom. The molecule has 3 N–H and O–H groups in total. The van der Waals surface area contributed by atoms with Gasteiger partial charge in [-0.25, -0.2) is 15.6 Å². The number of carbonyl (C=O) groups excluding carboxylic acids is 1. The average Bonchev–Trinajstić information content (AvgIpc) is 2.81. The first-order chi connectivity index (χ1) is 8.61. The van der Waals surface area contributed by atoms with Crippen LogP contribution >= 0.6 is 11.6 Å². The van der Waals surface area contributed by atoms with Gasteiger partial charge in [0, 0.05) is 11.8 Å². The average molecular weight is 269 g/mol. The van der Waals surface area contributed by atoms with Crippen molar-refractivity contribution in [2.75, 3.05) is 0 Å². The van der Waals surface area contributed by atoms with E-state index in [-0.39, 0.29) is 12.3 Å². The lowest BCUT2D eigenvalue weighted by Crippen LogP contribution is -2.31. The van der Waals surface area contributed by atoms with Crippen molar-refractivity contribution < 1.29 is 9.21 Å². The van der Waals surface area contributed by atoms with Gasteiger partial charge in [-0.15, -0.1) is 0 Å². The second-order valence-electron chi connectivity index (χ2n) is 3.43. The summed E-state index contributed by atoms with van der Waals surface area (Å²) in [4.78, 5) is 26.4. The third-order valence-corrected chi connectivity index (χ3v) is 2.44. The largest absolute Gasteiger partial charge is 0.459 e. The van der Waals surface area contributed by atoms with E-state index in [4.69, 9.17) is 21.9 Å². The molecule has 0 bridgehead atoms. The molecule has 0 spiro atoms. The Bertz CT molecular complexity index is 634. The van der Waals surface area contributed by atoms with Crippen LogP contribution in [0.2, 0.25) is 5.02 Å². The number of nitrogens with one attached hydrogen (secondary N) is 1. The fraction of sp³-hybridized carbons (Fsp3) is 0.100. The molecule has 0 aliphatic carbocycles. The minimum Gasteiger partial charge on any atom is -0.459 e. The third-order valence-electron chi connectivity index (χ3n) is 2.25. The first-order valence-electron chi connectivity index (χ1n) is 4.91. The van der Waals surface area contributed by atoms with Gasteiger partial charge in [-0.3, -0.25) is 14.8 Å². The summed E-state index contributed by atoms with van der Waals surface area (Å²) in [6, 6.07) is 1.57. The van der Waals surface area contributed by atoms with Crippen LogP contribution in [0.3, 0.4) is 0 Å². The molecule has 1 amide bonds. The van der Waals surface area contributed by atoms with Crippen molar-refractivity contribution in [1.29, 1.82) is 0 Å². The lowest BCUT2D eigenvalue weighted by atomic mass is 10.2. The van der Waals surface area contributed by atoms with Gasteiger partial charge >= 0.3 is 11.6 Å². The monoisotopic (exact) mass is 268 g/mol. The number of amides is 1. The Balaban J connectivity index is 2.35. The van der Waals surface area contributed by atoms with E-state index < -0.39 is 11.6 Å². The van der Waals surface area contributed by atoms with Crippen LogP contribution in [-0.4, -0.2) is 15.5 Å². The van der Waals surface area contributed by atoms with Gasteiger partial charge in [0.15, 0.2) is 5.76 Å². The molecule has 0 saturated heterocycles. The molecule has 2 aromatic heterocycles. The van der Waals surface area contributed by atoms with Gasteiger partial charge < -0.3 is 4.42 Å². The predicted molar refractivity (Wildman–Crippen MR) is 63.0 cm³/mol. The summed E-state index contributed by atoms with van der Waals surface area (Å²) in [7, 11) is 0. The summed E-state index contributed by atoms with van der Waals surface area (Å²) in [6.45, 7) is 0.117. The van der Waals surface area contributed by atoms with Crippen molar-refractivity contribution in [3.63, 3.8) is 0 Å². The number of hydrogen-bond acceptors (Lipinski definition) is 5. The van der Waals surface area contributed by atoms with E-state index >= 15 is 0 Å². The van der Waals surface area contributed by atoms with Crippen LogP contribution in [0.1, 0.15) is 16.1 Å². The molecular formula is C10H9ClN4O3. The van der Waals surface area contributed by atoms with Gasteiger partial charge in [-0.2, -0.15) is 0 Å². The summed E-state index contributed by atoms with van der Waals surface area (Å²) in [5, 5.41) is 0.322. The standard InChI is InChI=1S/C10H9ClN4O3/c11-7-3-13-10(17)15(5-7)4-6-1-2-18-8(6)9(16)14-12/h1-3,5H,4,12H2,(H,14,16). The van der Waals surface area contributed by atoms with Gasteiger partial charge in [0.1, 0.15) is 0 Å². The summed E-state index contributed by atoms with van der Waals surface area (Å²) in [5.74, 6) is 4.49. The van der Waals surface area contributed by atoms with E-state index in [2.05, 4.69) is 4.98 Å². The van der Waals surface area contributed by atoms with Crippen molar-refractivity contribution in [2.45, 2.75) is 6.54 Å². The zero-order valence-corrected chi connectivity index (χ0v) is 9.85. The number of furan rings is 1. The molecule has 0 atom stereocenters. The topological polar surface area (TPSA) is 103 Å². The van der Waals surface area contributed by atoms with Gasteiger partial charge in [0.05, 0.1) is 24.0 Å². The number of hydrogen-bond donors (Lipinski definition) is 2. The Hall–Kier alpha value is -2.12. The molecule has 94 valence electrons. The zero-order valence-electron chi connectivity index (χ0n) is 9.09. The molecule has 0 aromatic carbocycles. The third kappa shape index (κ3) is 2.41. The van der Waals surface area contributed by atoms with E-state index in [0.29, 0.717) is 10.6 Å². The Labute approximate surface area is 106 Å². The number of nitrogens with zero attached hydrogens (tertiary/aromatic N) is 2. The quantitative estimate of drug-likeness (QED) is 0.468. The molecule has 0 aliphatic heterocycles. The molecule has 2 heterocycles. The molecule has 8 heteroatoms. The first kappa shape index (κ1) is 12.3. The van der Waals surface area contributed by atoms with E-state index in [1.807, 2.05) is 5.43 Å². The molecule has 2 aromatic rings. The number of rotatable bonds is 3. The van der Waals surface area contributed by atoms with E-state index in [1.165, 1.54) is 23.2 Å². The predicted octanol–water partition coefficient (Wildman–Crippen LogP) is 0.141. The van der Waals surface area contributed by atoms with Crippen LogP contribution in [0.5, 0.6) is 0 Å². The van der Waals surface area contributed by atoms with Crippen LogP contribution in [0, 0.1) is 0 Å². The van der Waals surface area contributed by atoms with Gasteiger partial charge in [-0.1, -0.05) is 11.6 Å². The second kappa shape index (κ2) is 5.03. The van der Waals surface area contributed by atoms with Gasteiger partial charge in [0.25, 0.3) is 0 Å². The smallest absolute Gasteiger partial charge is 0.347 e. The molecule has 18 heavy (non-hydrogen) atoms. The molecule has 0 saturated carbocycles. The highest BCUT2D eigenvalue weighted by molar-refractivity contribution is 6.30. The van der Waals surface area contributed by atoms with Crippen molar-refractivity contribution in [1.82, 2.24) is 15.0 Å². The summed E-state index contributed by atoms with van der Waals surface area (Å²) >= 11 is 5.74. The van der Waals surface area contributed by atoms with Crippen molar-refractivity contribution in [2.24, 2.45) is 5.84 Å². The number of aromatic nitrogens is 2. The summed E-state index contributed by atoms with van der Waals surface area (Å²) in [6.07, 6.45) is 4.01. The van der Waals surface area contributed by atoms with Crippen LogP contribution in [0.25, 0.3) is 0 Å². The maximum atomic E-state index is 11.5. The van der Waals surface area contributed by atoms with Crippen LogP contribution < -0.4 is 17.0 Å². The Morgan fingerprint density at radius 1 is 1.61 bits per heavy atom. The second-order valence-corrected chi connectivity index (χ2v) is 3.87. The van der Waals surface area contributed by atoms with E-state index in [0.717, 1.165) is 0 Å². The highest BCUT2D eigenvalue weighted by Gasteiger charge is 2.15. The van der Waals surface area contributed by atoms with Crippen molar-refractivity contribution in [3.05, 3.63) is 51.6 Å². The normalized spacial score (nSPS) is 10.3. The SMILES string of the molecule is NNC(=O)c1occc1Cn1cc(Cl)cnc1=O. The lowest BCUT2D eigenvalue weighted by molar-refractivity contribution is 0.0924. The Kier molecular flexibility index (Phi) is 3.45. The molecular weight excluding hydrogens is 260 g/mol. The van der Waals surface area contributed by atoms with E-state index in [1.54, 1.807) is 6.07 Å². The maximum Gasteiger partial charge on any atom is 0.347 e. The summed E-state index contributed by atoms with van der Waals surface area (Å²) in [5.41, 5.74) is 1.99. The van der Waals surface area contributed by atoms with Crippen molar-refractivity contribution >= 4 is 17.5 Å². The number of carbonyl (C=O) groups is 1. The van der Waals surface area contributed by atoms with Crippen LogP contribution in [-0.2, 0) is 6.54 Å². The molecule has 2 rings (SSSR count). The number of halogens is 1. The molecule has 0 radical (unpaired) electrons. The minimum atomic E-state index is -0.571. The molecule has 7 nitrogen and oxygen atoms in total. The zero-order chi connectivity index (χ0) is 13.1. The maximum absolute atomic E-state index is 11.5. The number of nitrogen functional groups attached to an aromatic ring is 1. The fourth-order valence-electron chi connectivity index (χ4n) is 1.45. The highest BCUT2D eigenvalue weighted by Crippen LogP contribution is 2.12. The van der Waals surface area contributed by atoms with E-state index in [9.17, 15) is 9.59 Å². The highest BCUT2D eigenvalue weighted by atomic mass is 35.5. The molecule has 0 fully saturated rings. The Morgan fingerprint density at radius 2 is 2.39 bits per heavy atom. The van der Waals surface area contributed by atoms with Crippen LogP contribution in [0.4, 0.5) is 0 Å². The molecule has 0 unspecified atom stereocenters. The lowest BCUT2D eigenvalue weighted by Gasteiger charge is -2.04. The summed E-state index contributed by atoms with van der Waals surface area (Å²) < 4.78 is 6.26. The van der Waals surface area contributed by atoms with Crippen molar-refractivity contribution in [3.8, 4) is 0 Å².